The predicted octanol–water partition coefficient (Wildman–Crippen LogP) is 4.40. The SMILES string of the molecule is CCOc1ccccc1NCCNc1cccc(OC(C)C)c1. The average molecular weight is 314 g/mol. The molecule has 0 fully saturated rings. The van der Waals surface area contributed by atoms with Crippen molar-refractivity contribution in [1.29, 1.82) is 0 Å². The molecule has 2 N–H and O–H groups in total. The van der Waals surface area contributed by atoms with E-state index in [1.54, 1.807) is 0 Å². The van der Waals surface area contributed by atoms with Crippen molar-refractivity contribution in [3.63, 3.8) is 0 Å². The molecule has 0 heterocycles. The number of hydrogen-bond acceptors (Lipinski definition) is 4. The van der Waals surface area contributed by atoms with Gasteiger partial charge in [-0.15, -0.1) is 0 Å². The molecule has 0 atom stereocenters. The summed E-state index contributed by atoms with van der Waals surface area (Å²) < 4.78 is 11.3. The van der Waals surface area contributed by atoms with Crippen LogP contribution in [0.4, 0.5) is 11.4 Å². The number of rotatable bonds is 9. The van der Waals surface area contributed by atoms with Crippen molar-refractivity contribution in [3.05, 3.63) is 48.5 Å². The lowest BCUT2D eigenvalue weighted by molar-refractivity contribution is 0.242. The molecule has 0 aliphatic rings. The van der Waals surface area contributed by atoms with Crippen molar-refractivity contribution in [1.82, 2.24) is 0 Å². The van der Waals surface area contributed by atoms with Gasteiger partial charge in [0.1, 0.15) is 11.5 Å². The lowest BCUT2D eigenvalue weighted by Gasteiger charge is -2.14. The zero-order valence-corrected chi connectivity index (χ0v) is 14.1. The Labute approximate surface area is 138 Å². The number of benzene rings is 2. The molecule has 4 nitrogen and oxygen atoms in total. The van der Waals surface area contributed by atoms with Crippen LogP contribution < -0.4 is 20.1 Å². The van der Waals surface area contributed by atoms with Crippen molar-refractivity contribution < 1.29 is 9.47 Å². The smallest absolute Gasteiger partial charge is 0.142 e. The molecule has 2 rings (SSSR count). The van der Waals surface area contributed by atoms with Crippen molar-refractivity contribution in [3.8, 4) is 11.5 Å². The first kappa shape index (κ1) is 17.0. The highest BCUT2D eigenvalue weighted by Crippen LogP contribution is 2.23. The van der Waals surface area contributed by atoms with Crippen LogP contribution in [0, 0.1) is 0 Å². The fraction of sp³-hybridized carbons (Fsp3) is 0.368. The zero-order chi connectivity index (χ0) is 16.5. The molecule has 0 aliphatic carbocycles. The van der Waals surface area contributed by atoms with Crippen LogP contribution >= 0.6 is 0 Å². The lowest BCUT2D eigenvalue weighted by Crippen LogP contribution is -2.14. The second kappa shape index (κ2) is 8.93. The summed E-state index contributed by atoms with van der Waals surface area (Å²) >= 11 is 0. The minimum Gasteiger partial charge on any atom is -0.492 e. The van der Waals surface area contributed by atoms with E-state index < -0.39 is 0 Å². The van der Waals surface area contributed by atoms with E-state index in [9.17, 15) is 0 Å². The predicted molar refractivity (Wildman–Crippen MR) is 96.8 cm³/mol. The number of hydrogen-bond donors (Lipinski definition) is 2. The summed E-state index contributed by atoms with van der Waals surface area (Å²) in [4.78, 5) is 0. The summed E-state index contributed by atoms with van der Waals surface area (Å²) in [5, 5.41) is 6.79. The largest absolute Gasteiger partial charge is 0.492 e. The third kappa shape index (κ3) is 5.74. The number of para-hydroxylation sites is 2. The third-order valence-corrected chi connectivity index (χ3v) is 3.16. The van der Waals surface area contributed by atoms with Crippen LogP contribution in [-0.4, -0.2) is 25.8 Å². The third-order valence-electron chi connectivity index (χ3n) is 3.16. The van der Waals surface area contributed by atoms with E-state index in [0.717, 1.165) is 36.0 Å². The van der Waals surface area contributed by atoms with E-state index in [4.69, 9.17) is 9.47 Å². The highest BCUT2D eigenvalue weighted by Gasteiger charge is 2.02. The summed E-state index contributed by atoms with van der Waals surface area (Å²) in [6, 6.07) is 16.0. The second-order valence-electron chi connectivity index (χ2n) is 5.48. The van der Waals surface area contributed by atoms with Crippen LogP contribution in [0.5, 0.6) is 11.5 Å². The Kier molecular flexibility index (Phi) is 6.60. The number of nitrogens with one attached hydrogen (secondary N) is 2. The van der Waals surface area contributed by atoms with Crippen LogP contribution in [0.1, 0.15) is 20.8 Å². The van der Waals surface area contributed by atoms with Gasteiger partial charge in [0.2, 0.25) is 0 Å². The molecule has 0 bridgehead atoms. The van der Waals surface area contributed by atoms with Crippen molar-refractivity contribution >= 4 is 11.4 Å². The molecule has 0 saturated heterocycles. The van der Waals surface area contributed by atoms with Gasteiger partial charge in [-0.05, 0) is 45.0 Å². The average Bonchev–Trinajstić information content (AvgIpc) is 2.53. The Morgan fingerprint density at radius 3 is 2.52 bits per heavy atom. The molecular formula is C19H26N2O2. The van der Waals surface area contributed by atoms with E-state index >= 15 is 0 Å². The normalized spacial score (nSPS) is 10.4. The lowest BCUT2D eigenvalue weighted by atomic mass is 10.3. The Morgan fingerprint density at radius 2 is 1.74 bits per heavy atom. The van der Waals surface area contributed by atoms with Gasteiger partial charge >= 0.3 is 0 Å². The molecule has 4 heteroatoms. The summed E-state index contributed by atoms with van der Waals surface area (Å²) in [6.07, 6.45) is 0.182. The summed E-state index contributed by atoms with van der Waals surface area (Å²) in [6.45, 7) is 8.33. The fourth-order valence-electron chi connectivity index (χ4n) is 2.25. The van der Waals surface area contributed by atoms with Gasteiger partial charge in [0.25, 0.3) is 0 Å². The summed E-state index contributed by atoms with van der Waals surface area (Å²) in [5.41, 5.74) is 2.08. The van der Waals surface area contributed by atoms with Gasteiger partial charge in [-0.25, -0.2) is 0 Å². The molecule has 0 radical (unpaired) electrons. The minimum atomic E-state index is 0.182. The quantitative estimate of drug-likeness (QED) is 0.673. The first-order valence-corrected chi connectivity index (χ1v) is 8.15. The Morgan fingerprint density at radius 1 is 0.957 bits per heavy atom. The van der Waals surface area contributed by atoms with Crippen molar-refractivity contribution in [2.45, 2.75) is 26.9 Å². The number of ether oxygens (including phenoxy) is 2. The van der Waals surface area contributed by atoms with Crippen LogP contribution in [0.25, 0.3) is 0 Å². The van der Waals surface area contributed by atoms with Gasteiger partial charge < -0.3 is 20.1 Å². The van der Waals surface area contributed by atoms with E-state index in [1.807, 2.05) is 69.3 Å². The second-order valence-corrected chi connectivity index (χ2v) is 5.48. The highest BCUT2D eigenvalue weighted by atomic mass is 16.5. The molecule has 0 amide bonds. The topological polar surface area (TPSA) is 42.5 Å². The van der Waals surface area contributed by atoms with Gasteiger partial charge in [-0.2, -0.15) is 0 Å². The van der Waals surface area contributed by atoms with Crippen LogP contribution in [0.2, 0.25) is 0 Å². The van der Waals surface area contributed by atoms with Crippen molar-refractivity contribution in [2.24, 2.45) is 0 Å². The Hall–Kier alpha value is -2.36. The van der Waals surface area contributed by atoms with Gasteiger partial charge in [0.05, 0.1) is 18.4 Å². The molecule has 124 valence electrons. The molecule has 0 unspecified atom stereocenters. The van der Waals surface area contributed by atoms with Gasteiger partial charge in [-0.3, -0.25) is 0 Å². The van der Waals surface area contributed by atoms with Gasteiger partial charge in [-0.1, -0.05) is 18.2 Å². The molecule has 0 aliphatic heterocycles. The van der Waals surface area contributed by atoms with Crippen molar-refractivity contribution in [2.75, 3.05) is 30.3 Å². The maximum Gasteiger partial charge on any atom is 0.142 e. The van der Waals surface area contributed by atoms with Gasteiger partial charge in [0.15, 0.2) is 0 Å². The summed E-state index contributed by atoms with van der Waals surface area (Å²) in [5.74, 6) is 1.78. The van der Waals surface area contributed by atoms with E-state index in [2.05, 4.69) is 10.6 Å². The molecule has 0 spiro atoms. The molecule has 23 heavy (non-hydrogen) atoms. The maximum atomic E-state index is 5.70. The maximum absolute atomic E-state index is 5.70. The molecule has 0 saturated carbocycles. The van der Waals surface area contributed by atoms with E-state index in [0.29, 0.717) is 6.61 Å². The van der Waals surface area contributed by atoms with Crippen LogP contribution in [-0.2, 0) is 0 Å². The van der Waals surface area contributed by atoms with Gasteiger partial charge in [0, 0.05) is 24.8 Å². The first-order chi connectivity index (χ1) is 11.2. The van der Waals surface area contributed by atoms with Crippen LogP contribution in [0.3, 0.4) is 0 Å². The van der Waals surface area contributed by atoms with E-state index in [1.165, 1.54) is 0 Å². The summed E-state index contributed by atoms with van der Waals surface area (Å²) in [7, 11) is 0. The Balaban J connectivity index is 1.81. The zero-order valence-electron chi connectivity index (χ0n) is 14.1. The highest BCUT2D eigenvalue weighted by molar-refractivity contribution is 5.56. The first-order valence-electron chi connectivity index (χ1n) is 8.15. The monoisotopic (exact) mass is 314 g/mol. The fourth-order valence-corrected chi connectivity index (χ4v) is 2.25. The minimum absolute atomic E-state index is 0.182. The molecule has 2 aromatic rings. The van der Waals surface area contributed by atoms with E-state index in [-0.39, 0.29) is 6.10 Å². The number of anilines is 2. The molecule has 0 aromatic heterocycles. The standard InChI is InChI=1S/C19H26N2O2/c1-4-22-19-11-6-5-10-18(19)21-13-12-20-16-8-7-9-17(14-16)23-15(2)3/h5-11,14-15,20-21H,4,12-13H2,1-3H3. The Bertz CT molecular complexity index is 599. The van der Waals surface area contributed by atoms with Crippen LogP contribution in [0.15, 0.2) is 48.5 Å². The molecular weight excluding hydrogens is 288 g/mol. The molecule has 2 aromatic carbocycles.